The molecule has 6 nitrogen and oxygen atoms in total. The van der Waals surface area contributed by atoms with Crippen molar-refractivity contribution >= 4 is 6.09 Å². The molecule has 1 unspecified atom stereocenters. The van der Waals surface area contributed by atoms with Crippen LogP contribution in [0, 0.1) is 5.92 Å². The number of amides is 1. The number of hydrogen-bond acceptors (Lipinski definition) is 3. The first-order valence-corrected chi connectivity index (χ1v) is 5.07. The van der Waals surface area contributed by atoms with Crippen LogP contribution in [0.3, 0.4) is 0 Å². The molecule has 1 aromatic heterocycles. The highest BCUT2D eigenvalue weighted by molar-refractivity contribution is 5.65. The first-order chi connectivity index (χ1) is 7.25. The van der Waals surface area contributed by atoms with Gasteiger partial charge in [-0.25, -0.2) is 4.79 Å². The highest BCUT2D eigenvalue weighted by Crippen LogP contribution is 2.17. The normalized spacial score (nSPS) is 21.6. The van der Waals surface area contributed by atoms with Gasteiger partial charge in [0.15, 0.2) is 0 Å². The highest BCUT2D eigenvalue weighted by atomic mass is 16.4. The maximum Gasteiger partial charge on any atom is 0.407 e. The van der Waals surface area contributed by atoms with Crippen LogP contribution in [0.1, 0.15) is 12.8 Å². The van der Waals surface area contributed by atoms with Crippen molar-refractivity contribution in [2.24, 2.45) is 5.92 Å². The monoisotopic (exact) mass is 210 g/mol. The van der Waals surface area contributed by atoms with E-state index in [1.54, 1.807) is 17.2 Å². The van der Waals surface area contributed by atoms with Crippen molar-refractivity contribution < 1.29 is 9.90 Å². The van der Waals surface area contributed by atoms with Gasteiger partial charge < -0.3 is 10.0 Å². The van der Waals surface area contributed by atoms with E-state index in [1.165, 1.54) is 4.90 Å². The maximum absolute atomic E-state index is 10.8. The number of piperidine rings is 1. The molecule has 1 saturated heterocycles. The summed E-state index contributed by atoms with van der Waals surface area (Å²) in [6.45, 7) is 1.95. The fourth-order valence-electron chi connectivity index (χ4n) is 1.96. The largest absolute Gasteiger partial charge is 0.465 e. The number of aromatic nitrogens is 3. The molecule has 0 aliphatic carbocycles. The van der Waals surface area contributed by atoms with Gasteiger partial charge in [0.25, 0.3) is 0 Å². The van der Waals surface area contributed by atoms with Crippen molar-refractivity contribution in [1.82, 2.24) is 19.9 Å². The quantitative estimate of drug-likeness (QED) is 0.778. The van der Waals surface area contributed by atoms with Gasteiger partial charge in [0, 0.05) is 13.1 Å². The summed E-state index contributed by atoms with van der Waals surface area (Å²) in [7, 11) is 0. The highest BCUT2D eigenvalue weighted by Gasteiger charge is 2.23. The number of nitrogens with zero attached hydrogens (tertiary/aromatic N) is 4. The fraction of sp³-hybridized carbons (Fsp3) is 0.667. The summed E-state index contributed by atoms with van der Waals surface area (Å²) in [5.41, 5.74) is 0. The van der Waals surface area contributed by atoms with Crippen LogP contribution in [0.2, 0.25) is 0 Å². The molecule has 1 aliphatic rings. The molecule has 15 heavy (non-hydrogen) atoms. The number of likely N-dealkylation sites (tertiary alicyclic amines) is 1. The van der Waals surface area contributed by atoms with Crippen LogP contribution in [0.15, 0.2) is 12.4 Å². The molecule has 0 spiro atoms. The van der Waals surface area contributed by atoms with E-state index < -0.39 is 6.09 Å². The zero-order chi connectivity index (χ0) is 10.7. The van der Waals surface area contributed by atoms with Gasteiger partial charge in [-0.2, -0.15) is 15.0 Å². The van der Waals surface area contributed by atoms with Gasteiger partial charge in [-0.1, -0.05) is 0 Å². The Hall–Kier alpha value is -1.59. The Morgan fingerprint density at radius 3 is 2.87 bits per heavy atom. The lowest BCUT2D eigenvalue weighted by molar-refractivity contribution is 0.114. The van der Waals surface area contributed by atoms with Crippen LogP contribution in [0.4, 0.5) is 4.79 Å². The van der Waals surface area contributed by atoms with Crippen LogP contribution in [-0.2, 0) is 6.54 Å². The van der Waals surface area contributed by atoms with E-state index in [2.05, 4.69) is 10.2 Å². The smallest absolute Gasteiger partial charge is 0.407 e. The van der Waals surface area contributed by atoms with Crippen LogP contribution in [-0.4, -0.2) is 44.2 Å². The molecular formula is C9H14N4O2. The van der Waals surface area contributed by atoms with Crippen LogP contribution in [0.25, 0.3) is 0 Å². The molecule has 1 N–H and O–H groups in total. The molecule has 1 fully saturated rings. The summed E-state index contributed by atoms with van der Waals surface area (Å²) in [6, 6.07) is 0. The van der Waals surface area contributed by atoms with Crippen molar-refractivity contribution in [2.45, 2.75) is 19.4 Å². The SMILES string of the molecule is O=C(O)N1CCCC(Cn2nccn2)C1. The molecule has 0 bridgehead atoms. The van der Waals surface area contributed by atoms with Crippen molar-refractivity contribution in [1.29, 1.82) is 0 Å². The summed E-state index contributed by atoms with van der Waals surface area (Å²) < 4.78 is 0. The molecule has 82 valence electrons. The Balaban J connectivity index is 1.90. The molecule has 0 aromatic carbocycles. The number of carboxylic acid groups (broad SMARTS) is 1. The third-order valence-electron chi connectivity index (χ3n) is 2.68. The van der Waals surface area contributed by atoms with Gasteiger partial charge in [0.05, 0.1) is 18.9 Å². The van der Waals surface area contributed by atoms with Crippen molar-refractivity contribution in [3.8, 4) is 0 Å². The van der Waals surface area contributed by atoms with Gasteiger partial charge in [-0.3, -0.25) is 0 Å². The lowest BCUT2D eigenvalue weighted by atomic mass is 9.99. The number of hydrogen-bond donors (Lipinski definition) is 1. The number of rotatable bonds is 2. The first-order valence-electron chi connectivity index (χ1n) is 5.07. The average Bonchev–Trinajstić information content (AvgIpc) is 2.71. The lowest BCUT2D eigenvalue weighted by Crippen LogP contribution is -2.40. The van der Waals surface area contributed by atoms with E-state index in [0.29, 0.717) is 25.6 Å². The zero-order valence-electron chi connectivity index (χ0n) is 8.41. The van der Waals surface area contributed by atoms with Crippen molar-refractivity contribution in [2.75, 3.05) is 13.1 Å². The third-order valence-corrected chi connectivity index (χ3v) is 2.68. The maximum atomic E-state index is 10.8. The molecule has 1 atom stereocenters. The molecule has 0 saturated carbocycles. The molecule has 2 heterocycles. The van der Waals surface area contributed by atoms with Crippen LogP contribution >= 0.6 is 0 Å². The molecule has 1 aromatic rings. The molecule has 1 aliphatic heterocycles. The summed E-state index contributed by atoms with van der Waals surface area (Å²) >= 11 is 0. The molecule has 2 rings (SSSR count). The molecular weight excluding hydrogens is 196 g/mol. The minimum Gasteiger partial charge on any atom is -0.465 e. The Kier molecular flexibility index (Phi) is 2.84. The summed E-state index contributed by atoms with van der Waals surface area (Å²) in [5.74, 6) is 0.335. The second-order valence-corrected chi connectivity index (χ2v) is 3.82. The summed E-state index contributed by atoms with van der Waals surface area (Å²) in [6.07, 6.45) is 4.42. The van der Waals surface area contributed by atoms with Gasteiger partial charge in [0.1, 0.15) is 0 Å². The van der Waals surface area contributed by atoms with E-state index >= 15 is 0 Å². The summed E-state index contributed by atoms with van der Waals surface area (Å²) in [4.78, 5) is 13.9. The van der Waals surface area contributed by atoms with Gasteiger partial charge in [0.2, 0.25) is 0 Å². The Labute approximate surface area is 87.5 Å². The molecule has 1 amide bonds. The Morgan fingerprint density at radius 1 is 1.47 bits per heavy atom. The summed E-state index contributed by atoms with van der Waals surface area (Å²) in [5, 5.41) is 16.9. The fourth-order valence-corrected chi connectivity index (χ4v) is 1.96. The Morgan fingerprint density at radius 2 is 2.20 bits per heavy atom. The topological polar surface area (TPSA) is 71.2 Å². The van der Waals surface area contributed by atoms with E-state index in [1.807, 2.05) is 0 Å². The minimum atomic E-state index is -0.826. The molecule has 6 heteroatoms. The zero-order valence-corrected chi connectivity index (χ0v) is 8.41. The van der Waals surface area contributed by atoms with E-state index in [0.717, 1.165) is 12.8 Å². The van der Waals surface area contributed by atoms with Crippen LogP contribution < -0.4 is 0 Å². The average molecular weight is 210 g/mol. The van der Waals surface area contributed by atoms with Gasteiger partial charge in [-0.15, -0.1) is 0 Å². The van der Waals surface area contributed by atoms with Gasteiger partial charge >= 0.3 is 6.09 Å². The van der Waals surface area contributed by atoms with Crippen molar-refractivity contribution in [3.05, 3.63) is 12.4 Å². The first kappa shape index (κ1) is 9.95. The van der Waals surface area contributed by atoms with Gasteiger partial charge in [-0.05, 0) is 18.8 Å². The predicted octanol–water partition coefficient (Wildman–Crippen LogP) is 0.668. The standard InChI is InChI=1S/C9H14N4O2/c14-9(15)12-5-1-2-8(6-12)7-13-10-3-4-11-13/h3-4,8H,1-2,5-7H2,(H,14,15). The Bertz CT molecular complexity index is 325. The predicted molar refractivity (Wildman–Crippen MR) is 52.3 cm³/mol. The number of carbonyl (C=O) groups is 1. The van der Waals surface area contributed by atoms with Crippen LogP contribution in [0.5, 0.6) is 0 Å². The van der Waals surface area contributed by atoms with E-state index in [-0.39, 0.29) is 0 Å². The second-order valence-electron chi connectivity index (χ2n) is 3.82. The van der Waals surface area contributed by atoms with E-state index in [9.17, 15) is 4.79 Å². The second kappa shape index (κ2) is 4.29. The third kappa shape index (κ3) is 2.45. The molecule has 0 radical (unpaired) electrons. The van der Waals surface area contributed by atoms with E-state index in [4.69, 9.17) is 5.11 Å². The minimum absolute atomic E-state index is 0.335. The van der Waals surface area contributed by atoms with Crippen molar-refractivity contribution in [3.63, 3.8) is 0 Å². The lowest BCUT2D eigenvalue weighted by Gasteiger charge is -2.30.